The molecule has 2 bridgehead atoms. The summed E-state index contributed by atoms with van der Waals surface area (Å²) in [6, 6.07) is 1.31. The third kappa shape index (κ3) is 2.40. The Morgan fingerprint density at radius 3 is 2.78 bits per heavy atom. The van der Waals surface area contributed by atoms with Crippen molar-refractivity contribution >= 4 is 10.8 Å². The Labute approximate surface area is 114 Å². The van der Waals surface area contributed by atoms with Crippen molar-refractivity contribution < 1.29 is 4.21 Å². The SMILES string of the molecule is CC(CCS(C)=O)NC1CC2CC1C1CCCC21. The van der Waals surface area contributed by atoms with Gasteiger partial charge in [0.15, 0.2) is 0 Å². The van der Waals surface area contributed by atoms with E-state index in [0.717, 1.165) is 41.9 Å². The summed E-state index contributed by atoms with van der Waals surface area (Å²) < 4.78 is 11.1. The Hall–Kier alpha value is 0.110. The van der Waals surface area contributed by atoms with E-state index >= 15 is 0 Å². The molecule has 1 N–H and O–H groups in total. The van der Waals surface area contributed by atoms with Crippen LogP contribution in [0.15, 0.2) is 0 Å². The van der Waals surface area contributed by atoms with E-state index in [4.69, 9.17) is 0 Å². The van der Waals surface area contributed by atoms with E-state index in [1.54, 1.807) is 0 Å². The predicted octanol–water partition coefficient (Wildman–Crippen LogP) is 2.56. The van der Waals surface area contributed by atoms with Crippen molar-refractivity contribution in [1.29, 1.82) is 0 Å². The van der Waals surface area contributed by atoms with E-state index in [9.17, 15) is 4.21 Å². The second-order valence-electron chi connectivity index (χ2n) is 6.89. The van der Waals surface area contributed by atoms with Crippen LogP contribution in [0.2, 0.25) is 0 Å². The van der Waals surface area contributed by atoms with Crippen LogP contribution >= 0.6 is 0 Å². The summed E-state index contributed by atoms with van der Waals surface area (Å²) in [5.74, 6) is 4.99. The van der Waals surface area contributed by atoms with Crippen molar-refractivity contribution in [2.45, 2.75) is 57.5 Å². The van der Waals surface area contributed by atoms with Crippen LogP contribution in [0.5, 0.6) is 0 Å². The zero-order valence-corrected chi connectivity index (χ0v) is 12.5. The minimum absolute atomic E-state index is 0.540. The predicted molar refractivity (Wildman–Crippen MR) is 77.0 cm³/mol. The number of hydrogen-bond acceptors (Lipinski definition) is 2. The molecule has 7 unspecified atom stereocenters. The third-order valence-corrected chi connectivity index (χ3v) is 6.58. The minimum Gasteiger partial charge on any atom is -0.311 e. The largest absolute Gasteiger partial charge is 0.311 e. The average Bonchev–Trinajstić information content (AvgIpc) is 2.97. The zero-order valence-electron chi connectivity index (χ0n) is 11.7. The highest BCUT2D eigenvalue weighted by Crippen LogP contribution is 2.58. The minimum atomic E-state index is -0.635. The fourth-order valence-corrected chi connectivity index (χ4v) is 5.74. The Bertz CT molecular complexity index is 332. The molecular formula is C15H27NOS. The highest BCUT2D eigenvalue weighted by atomic mass is 32.2. The van der Waals surface area contributed by atoms with Gasteiger partial charge in [-0.15, -0.1) is 0 Å². The number of rotatable bonds is 5. The molecule has 0 aromatic rings. The molecule has 0 aromatic heterocycles. The van der Waals surface area contributed by atoms with Gasteiger partial charge in [-0.25, -0.2) is 0 Å². The molecule has 3 rings (SSSR count). The highest BCUT2D eigenvalue weighted by Gasteiger charge is 2.53. The Kier molecular flexibility index (Phi) is 3.82. The molecule has 3 fully saturated rings. The van der Waals surface area contributed by atoms with E-state index < -0.39 is 10.8 Å². The fraction of sp³-hybridized carbons (Fsp3) is 1.00. The van der Waals surface area contributed by atoms with Crippen LogP contribution in [-0.2, 0) is 10.8 Å². The molecule has 0 aromatic carbocycles. The lowest BCUT2D eigenvalue weighted by molar-refractivity contribution is 0.199. The van der Waals surface area contributed by atoms with Crippen LogP contribution in [0.3, 0.4) is 0 Å². The quantitative estimate of drug-likeness (QED) is 0.831. The molecule has 3 heteroatoms. The van der Waals surface area contributed by atoms with Crippen LogP contribution in [0, 0.1) is 23.7 Å². The van der Waals surface area contributed by atoms with Gasteiger partial charge in [-0.05, 0) is 62.7 Å². The van der Waals surface area contributed by atoms with Gasteiger partial charge < -0.3 is 5.32 Å². The van der Waals surface area contributed by atoms with Crippen LogP contribution in [0.25, 0.3) is 0 Å². The fourth-order valence-electron chi connectivity index (χ4n) is 5.05. The smallest absolute Gasteiger partial charge is 0.0246 e. The van der Waals surface area contributed by atoms with E-state index in [1.807, 2.05) is 6.26 Å². The molecule has 18 heavy (non-hydrogen) atoms. The van der Waals surface area contributed by atoms with Crippen molar-refractivity contribution in [2.75, 3.05) is 12.0 Å². The molecule has 104 valence electrons. The van der Waals surface area contributed by atoms with E-state index in [0.29, 0.717) is 6.04 Å². The topological polar surface area (TPSA) is 29.1 Å². The summed E-state index contributed by atoms with van der Waals surface area (Å²) in [5, 5.41) is 3.84. The van der Waals surface area contributed by atoms with Crippen LogP contribution < -0.4 is 5.32 Å². The second kappa shape index (κ2) is 5.24. The van der Waals surface area contributed by atoms with Crippen LogP contribution in [0.1, 0.15) is 45.4 Å². The molecule has 0 spiro atoms. The molecule has 3 aliphatic rings. The van der Waals surface area contributed by atoms with E-state index in [1.165, 1.54) is 32.1 Å². The lowest BCUT2D eigenvalue weighted by Crippen LogP contribution is -2.43. The molecule has 3 saturated carbocycles. The van der Waals surface area contributed by atoms with Gasteiger partial charge in [0.25, 0.3) is 0 Å². The molecule has 0 saturated heterocycles. The first-order chi connectivity index (χ1) is 8.65. The summed E-state index contributed by atoms with van der Waals surface area (Å²) in [6.07, 6.45) is 10.3. The van der Waals surface area contributed by atoms with Gasteiger partial charge in [-0.1, -0.05) is 6.42 Å². The second-order valence-corrected chi connectivity index (χ2v) is 8.45. The maximum Gasteiger partial charge on any atom is 0.0246 e. The van der Waals surface area contributed by atoms with Crippen LogP contribution in [0.4, 0.5) is 0 Å². The Balaban J connectivity index is 1.51. The van der Waals surface area contributed by atoms with Gasteiger partial charge >= 0.3 is 0 Å². The lowest BCUT2D eigenvalue weighted by atomic mass is 9.79. The monoisotopic (exact) mass is 269 g/mol. The van der Waals surface area contributed by atoms with Crippen molar-refractivity contribution in [3.63, 3.8) is 0 Å². The summed E-state index contributed by atoms with van der Waals surface area (Å²) in [6.45, 7) is 2.27. The highest BCUT2D eigenvalue weighted by molar-refractivity contribution is 7.84. The Morgan fingerprint density at radius 1 is 1.22 bits per heavy atom. The summed E-state index contributed by atoms with van der Waals surface area (Å²) in [4.78, 5) is 0. The maximum atomic E-state index is 11.1. The van der Waals surface area contributed by atoms with E-state index in [2.05, 4.69) is 12.2 Å². The van der Waals surface area contributed by atoms with Gasteiger partial charge in [0, 0.05) is 34.9 Å². The zero-order chi connectivity index (χ0) is 12.7. The van der Waals surface area contributed by atoms with Gasteiger partial charge in [-0.3, -0.25) is 4.21 Å². The number of hydrogen-bond donors (Lipinski definition) is 1. The summed E-state index contributed by atoms with van der Waals surface area (Å²) >= 11 is 0. The van der Waals surface area contributed by atoms with Crippen molar-refractivity contribution in [2.24, 2.45) is 23.7 Å². The van der Waals surface area contributed by atoms with Crippen molar-refractivity contribution in [1.82, 2.24) is 5.32 Å². The first-order valence-corrected chi connectivity index (χ1v) is 9.44. The first-order valence-electron chi connectivity index (χ1n) is 7.71. The molecule has 7 atom stereocenters. The van der Waals surface area contributed by atoms with E-state index in [-0.39, 0.29) is 0 Å². The molecule has 0 heterocycles. The maximum absolute atomic E-state index is 11.1. The van der Waals surface area contributed by atoms with Gasteiger partial charge in [0.2, 0.25) is 0 Å². The molecular weight excluding hydrogens is 242 g/mol. The van der Waals surface area contributed by atoms with Gasteiger partial charge in [0.05, 0.1) is 0 Å². The molecule has 0 radical (unpaired) electrons. The van der Waals surface area contributed by atoms with Gasteiger partial charge in [0.1, 0.15) is 0 Å². The summed E-state index contributed by atoms with van der Waals surface area (Å²) in [7, 11) is -0.635. The Morgan fingerprint density at radius 2 is 2.00 bits per heavy atom. The average molecular weight is 269 g/mol. The molecule has 2 nitrogen and oxygen atoms in total. The lowest BCUT2D eigenvalue weighted by Gasteiger charge is -2.34. The van der Waals surface area contributed by atoms with Crippen molar-refractivity contribution in [3.8, 4) is 0 Å². The summed E-state index contributed by atoms with van der Waals surface area (Å²) in [5.41, 5.74) is 0. The van der Waals surface area contributed by atoms with Gasteiger partial charge in [-0.2, -0.15) is 0 Å². The molecule has 0 aliphatic heterocycles. The van der Waals surface area contributed by atoms with Crippen LogP contribution in [-0.4, -0.2) is 28.3 Å². The third-order valence-electron chi connectivity index (χ3n) is 5.77. The number of fused-ring (bicyclic) bond motifs is 5. The first kappa shape index (κ1) is 13.1. The van der Waals surface area contributed by atoms with Crippen molar-refractivity contribution in [3.05, 3.63) is 0 Å². The molecule has 3 aliphatic carbocycles. The number of nitrogens with one attached hydrogen (secondary N) is 1. The normalized spacial score (nSPS) is 45.1. The standard InChI is InChI=1S/C15H27NOS/c1-10(6-7-18(2)17)16-15-9-11-8-14(15)13-5-3-4-12(11)13/h10-16H,3-9H2,1-2H3. The molecule has 0 amide bonds.